The zero-order valence-electron chi connectivity index (χ0n) is 13.7. The van der Waals surface area contributed by atoms with E-state index in [9.17, 15) is 13.2 Å². The number of rotatable bonds is 4. The van der Waals surface area contributed by atoms with E-state index < -0.39 is 26.7 Å². The number of nitrogens with zero attached hydrogens (tertiary/aromatic N) is 3. The number of piperidine rings is 1. The molecule has 0 spiro atoms. The fourth-order valence-electron chi connectivity index (χ4n) is 2.85. The SMILES string of the molecule is CC1CCCCN1C(=O)CS(=O)(=O)c1nnc(-c2cccc(Cl)c2)o1. The maximum absolute atomic E-state index is 12.4. The van der Waals surface area contributed by atoms with Crippen molar-refractivity contribution in [1.29, 1.82) is 0 Å². The molecular formula is C16H18ClN3O4S. The molecule has 0 radical (unpaired) electrons. The Bertz CT molecular complexity index is 881. The summed E-state index contributed by atoms with van der Waals surface area (Å²) in [4.78, 5) is 14.0. The molecule has 1 saturated heterocycles. The molecule has 0 saturated carbocycles. The first-order valence-electron chi connectivity index (χ1n) is 7.98. The number of aromatic nitrogens is 2. The van der Waals surface area contributed by atoms with Gasteiger partial charge in [0.05, 0.1) is 0 Å². The first-order chi connectivity index (χ1) is 11.9. The van der Waals surface area contributed by atoms with E-state index >= 15 is 0 Å². The summed E-state index contributed by atoms with van der Waals surface area (Å²) in [6, 6.07) is 6.68. The number of sulfone groups is 1. The lowest BCUT2D eigenvalue weighted by Crippen LogP contribution is -2.44. The van der Waals surface area contributed by atoms with Gasteiger partial charge in [-0.05, 0) is 44.4 Å². The molecule has 1 atom stereocenters. The van der Waals surface area contributed by atoms with Crippen molar-refractivity contribution in [3.8, 4) is 11.5 Å². The fraction of sp³-hybridized carbons (Fsp3) is 0.438. The van der Waals surface area contributed by atoms with Gasteiger partial charge in [-0.3, -0.25) is 4.79 Å². The molecule has 1 aromatic carbocycles. The predicted molar refractivity (Wildman–Crippen MR) is 91.8 cm³/mol. The molecule has 1 aliphatic heterocycles. The number of hydrogen-bond donors (Lipinski definition) is 0. The summed E-state index contributed by atoms with van der Waals surface area (Å²) in [5.74, 6) is -1.07. The highest BCUT2D eigenvalue weighted by Gasteiger charge is 2.31. The highest BCUT2D eigenvalue weighted by molar-refractivity contribution is 7.91. The summed E-state index contributed by atoms with van der Waals surface area (Å²) in [5.41, 5.74) is 0.512. The van der Waals surface area contributed by atoms with Crippen LogP contribution < -0.4 is 0 Å². The maximum atomic E-state index is 12.4. The second kappa shape index (κ2) is 7.13. The van der Waals surface area contributed by atoms with Crippen LogP contribution in [0.15, 0.2) is 33.9 Å². The van der Waals surface area contributed by atoms with E-state index in [0.717, 1.165) is 19.3 Å². The van der Waals surface area contributed by atoms with Gasteiger partial charge >= 0.3 is 5.22 Å². The normalized spacial score (nSPS) is 18.3. The van der Waals surface area contributed by atoms with Gasteiger partial charge in [0.1, 0.15) is 5.75 Å². The zero-order chi connectivity index (χ0) is 18.0. The molecule has 0 bridgehead atoms. The van der Waals surface area contributed by atoms with Crippen LogP contribution in [0.4, 0.5) is 0 Å². The standard InChI is InChI=1S/C16H18ClN3O4S/c1-11-5-2-3-8-20(11)14(21)10-25(22,23)16-19-18-15(24-16)12-6-4-7-13(17)9-12/h4,6-7,9,11H,2-3,5,8,10H2,1H3. The number of halogens is 1. The molecule has 1 aromatic heterocycles. The van der Waals surface area contributed by atoms with Crippen molar-refractivity contribution >= 4 is 27.3 Å². The molecule has 0 aliphatic carbocycles. The molecule has 7 nitrogen and oxygen atoms in total. The number of hydrogen-bond acceptors (Lipinski definition) is 6. The van der Waals surface area contributed by atoms with Gasteiger partial charge in [-0.1, -0.05) is 22.8 Å². The van der Waals surface area contributed by atoms with Crippen molar-refractivity contribution in [2.75, 3.05) is 12.3 Å². The summed E-state index contributed by atoms with van der Waals surface area (Å²) in [7, 11) is -3.99. The summed E-state index contributed by atoms with van der Waals surface area (Å²) >= 11 is 5.90. The van der Waals surface area contributed by atoms with E-state index in [2.05, 4.69) is 10.2 Å². The maximum Gasteiger partial charge on any atom is 0.336 e. The second-order valence-corrected chi connectivity index (χ2v) is 8.38. The Morgan fingerprint density at radius 2 is 2.16 bits per heavy atom. The molecule has 134 valence electrons. The van der Waals surface area contributed by atoms with Gasteiger partial charge in [0, 0.05) is 23.2 Å². The zero-order valence-corrected chi connectivity index (χ0v) is 15.3. The van der Waals surface area contributed by atoms with Crippen LogP contribution in [0.1, 0.15) is 26.2 Å². The minimum Gasteiger partial charge on any atom is -0.408 e. The van der Waals surface area contributed by atoms with Gasteiger partial charge in [-0.2, -0.15) is 0 Å². The molecular weight excluding hydrogens is 366 g/mol. The van der Waals surface area contributed by atoms with Crippen molar-refractivity contribution in [3.05, 3.63) is 29.3 Å². The van der Waals surface area contributed by atoms with Crippen molar-refractivity contribution in [3.63, 3.8) is 0 Å². The average Bonchev–Trinajstić information content (AvgIpc) is 3.06. The number of carbonyl (C=O) groups is 1. The highest BCUT2D eigenvalue weighted by Crippen LogP contribution is 2.24. The molecule has 1 unspecified atom stereocenters. The van der Waals surface area contributed by atoms with Crippen LogP contribution >= 0.6 is 11.6 Å². The van der Waals surface area contributed by atoms with Crippen LogP contribution in [-0.2, 0) is 14.6 Å². The molecule has 9 heteroatoms. The fourth-order valence-corrected chi connectivity index (χ4v) is 4.03. The first-order valence-corrected chi connectivity index (χ1v) is 10.0. The van der Waals surface area contributed by atoms with E-state index in [1.165, 1.54) is 0 Å². The van der Waals surface area contributed by atoms with Crippen LogP contribution in [0.2, 0.25) is 5.02 Å². The van der Waals surface area contributed by atoms with Gasteiger partial charge in [0.25, 0.3) is 0 Å². The number of benzene rings is 1. The minimum atomic E-state index is -3.99. The average molecular weight is 384 g/mol. The number of carbonyl (C=O) groups excluding carboxylic acids is 1. The molecule has 1 amide bonds. The van der Waals surface area contributed by atoms with E-state index in [4.69, 9.17) is 16.0 Å². The lowest BCUT2D eigenvalue weighted by atomic mass is 10.0. The highest BCUT2D eigenvalue weighted by atomic mass is 35.5. The molecule has 3 rings (SSSR count). The Hall–Kier alpha value is -1.93. The van der Waals surface area contributed by atoms with Crippen molar-refractivity contribution in [2.24, 2.45) is 0 Å². The molecule has 1 aliphatic rings. The first kappa shape index (κ1) is 17.9. The summed E-state index contributed by atoms with van der Waals surface area (Å²) in [5, 5.41) is 7.25. The minimum absolute atomic E-state index is 0.0415. The smallest absolute Gasteiger partial charge is 0.336 e. The van der Waals surface area contributed by atoms with Crippen LogP contribution in [0.3, 0.4) is 0 Å². The summed E-state index contributed by atoms with van der Waals surface area (Å²) in [6.07, 6.45) is 2.81. The molecule has 2 aromatic rings. The van der Waals surface area contributed by atoms with Gasteiger partial charge in [0.15, 0.2) is 0 Å². The van der Waals surface area contributed by atoms with E-state index in [0.29, 0.717) is 17.1 Å². The monoisotopic (exact) mass is 383 g/mol. The molecule has 1 fully saturated rings. The van der Waals surface area contributed by atoms with Gasteiger partial charge in [0.2, 0.25) is 21.6 Å². The van der Waals surface area contributed by atoms with Gasteiger partial charge in [-0.25, -0.2) is 8.42 Å². The Morgan fingerprint density at radius 1 is 1.36 bits per heavy atom. The van der Waals surface area contributed by atoms with E-state index in [-0.39, 0.29) is 11.9 Å². The van der Waals surface area contributed by atoms with Gasteiger partial charge in [-0.15, -0.1) is 5.10 Å². The lowest BCUT2D eigenvalue weighted by molar-refractivity contribution is -0.131. The summed E-state index contributed by atoms with van der Waals surface area (Å²) in [6.45, 7) is 2.50. The van der Waals surface area contributed by atoms with Crippen LogP contribution in [0.25, 0.3) is 11.5 Å². The van der Waals surface area contributed by atoms with E-state index in [1.807, 2.05) is 6.92 Å². The number of amides is 1. The molecule has 25 heavy (non-hydrogen) atoms. The van der Waals surface area contributed by atoms with Crippen LogP contribution in [0, 0.1) is 0 Å². The number of likely N-dealkylation sites (tertiary alicyclic amines) is 1. The summed E-state index contributed by atoms with van der Waals surface area (Å²) < 4.78 is 30.1. The third kappa shape index (κ3) is 4.01. The van der Waals surface area contributed by atoms with Crippen LogP contribution in [0.5, 0.6) is 0 Å². The lowest BCUT2D eigenvalue weighted by Gasteiger charge is -2.33. The van der Waals surface area contributed by atoms with Gasteiger partial charge < -0.3 is 9.32 Å². The van der Waals surface area contributed by atoms with E-state index in [1.54, 1.807) is 29.2 Å². The topological polar surface area (TPSA) is 93.4 Å². The second-order valence-electron chi connectivity index (χ2n) is 6.07. The Balaban J connectivity index is 1.77. The molecule has 0 N–H and O–H groups in total. The van der Waals surface area contributed by atoms with Crippen molar-refractivity contribution < 1.29 is 17.6 Å². The van der Waals surface area contributed by atoms with Crippen molar-refractivity contribution in [1.82, 2.24) is 15.1 Å². The third-order valence-corrected chi connectivity index (χ3v) is 5.74. The largest absolute Gasteiger partial charge is 0.408 e. The quantitative estimate of drug-likeness (QED) is 0.805. The Labute approximate surface area is 150 Å². The predicted octanol–water partition coefficient (Wildman–Crippen LogP) is 2.56. The van der Waals surface area contributed by atoms with Crippen LogP contribution in [-0.4, -0.2) is 47.8 Å². The van der Waals surface area contributed by atoms with Crippen molar-refractivity contribution in [2.45, 2.75) is 37.5 Å². The third-order valence-electron chi connectivity index (χ3n) is 4.18. The Kier molecular flexibility index (Phi) is 5.10. The molecule has 2 heterocycles. The Morgan fingerprint density at radius 3 is 2.88 bits per heavy atom.